The number of ketones is 1. The van der Waals surface area contributed by atoms with Crippen LogP contribution >= 0.6 is 11.3 Å². The number of alkyl halides is 2. The van der Waals surface area contributed by atoms with Crippen LogP contribution in [0.3, 0.4) is 0 Å². The molecule has 1 unspecified atom stereocenters. The molecule has 0 fully saturated rings. The number of nitrogens with one attached hydrogen (secondary N) is 2. The number of hydrogen-bond donors (Lipinski definition) is 3. The maximum absolute atomic E-state index is 14.0. The standard InChI is InChI=1S/C32H25F3N4O3S/c1-17-12-20(9-10-25(17)42-26-7-4-3-6-22(26)33)39-32(36)30(18(2)38-39)31(40)24-13-19-14-27(41-16-29(34)35)21(15-23(19)37-24)28-8-5-11-43-28/h4-5,7-15,18,29,37-38H,16,36H2,1-2H3. The zero-order valence-electron chi connectivity index (χ0n) is 23.0. The third-order valence-electron chi connectivity index (χ3n) is 6.99. The molecule has 7 nitrogen and oxygen atoms in total. The lowest BCUT2D eigenvalue weighted by molar-refractivity contribution is 0.0822. The van der Waals surface area contributed by atoms with Gasteiger partial charge >= 0.3 is 0 Å². The van der Waals surface area contributed by atoms with Crippen molar-refractivity contribution in [3.63, 3.8) is 0 Å². The first-order valence-electron chi connectivity index (χ1n) is 13.3. The second-order valence-corrected chi connectivity index (χ2v) is 10.9. The summed E-state index contributed by atoms with van der Waals surface area (Å²) in [5.41, 5.74) is 13.1. The summed E-state index contributed by atoms with van der Waals surface area (Å²) in [6, 6.07) is 21.5. The second-order valence-electron chi connectivity index (χ2n) is 9.95. The number of carbonyl (C=O) groups excluding carboxylic acids is 1. The summed E-state index contributed by atoms with van der Waals surface area (Å²) in [7, 11) is 0. The predicted molar refractivity (Wildman–Crippen MR) is 159 cm³/mol. The number of aromatic amines is 1. The number of H-pyrrole nitrogens is 1. The number of fused-ring (bicyclic) bond motifs is 1. The SMILES string of the molecule is Cc1cc(N2NC(C)C(C(=O)c3cc4cc(OCC(F)F)c(-c5cccs5)cc4[nH]3)=C2N)ccc1Oc1ccc#cc1F. The van der Waals surface area contributed by atoms with Gasteiger partial charge in [0.2, 0.25) is 11.6 Å². The molecule has 3 heterocycles. The Kier molecular flexibility index (Phi) is 7.48. The average molecular weight is 603 g/mol. The highest BCUT2D eigenvalue weighted by Crippen LogP contribution is 2.38. The fourth-order valence-electron chi connectivity index (χ4n) is 4.96. The summed E-state index contributed by atoms with van der Waals surface area (Å²) >= 11 is 1.45. The molecule has 1 aliphatic rings. The summed E-state index contributed by atoms with van der Waals surface area (Å²) in [6.45, 7) is 2.90. The molecule has 4 N–H and O–H groups in total. The molecule has 5 aromatic rings. The molecule has 0 spiro atoms. The molecule has 0 amide bonds. The van der Waals surface area contributed by atoms with Gasteiger partial charge in [0, 0.05) is 21.3 Å². The Morgan fingerprint density at radius 1 is 1.14 bits per heavy atom. The van der Waals surface area contributed by atoms with E-state index in [9.17, 15) is 18.0 Å². The first-order valence-corrected chi connectivity index (χ1v) is 14.2. The highest BCUT2D eigenvalue weighted by molar-refractivity contribution is 7.13. The van der Waals surface area contributed by atoms with Crippen LogP contribution in [0.4, 0.5) is 18.9 Å². The van der Waals surface area contributed by atoms with Crippen molar-refractivity contribution >= 4 is 33.7 Å². The number of hydrogen-bond acceptors (Lipinski definition) is 7. The van der Waals surface area contributed by atoms with E-state index in [1.165, 1.54) is 23.5 Å². The van der Waals surface area contributed by atoms with Gasteiger partial charge in [0.05, 0.1) is 23.0 Å². The van der Waals surface area contributed by atoms with Crippen LogP contribution in [0.5, 0.6) is 17.2 Å². The average Bonchev–Trinajstić information content (AvgIpc) is 3.72. The molecule has 1 atom stereocenters. The smallest absolute Gasteiger partial charge is 0.272 e. The van der Waals surface area contributed by atoms with Crippen molar-refractivity contribution in [2.75, 3.05) is 11.6 Å². The number of Topliss-reactive ketones (excluding diaryl/α,β-unsaturated/α-hetero) is 1. The third kappa shape index (κ3) is 5.50. The van der Waals surface area contributed by atoms with Gasteiger partial charge in [-0.15, -0.1) is 11.3 Å². The number of hydrazine groups is 1. The number of halogens is 3. The minimum absolute atomic E-state index is 0.0309. The van der Waals surface area contributed by atoms with Crippen LogP contribution in [0.15, 0.2) is 77.4 Å². The van der Waals surface area contributed by atoms with Gasteiger partial charge < -0.3 is 20.2 Å². The number of rotatable bonds is 9. The van der Waals surface area contributed by atoms with Gasteiger partial charge in [-0.3, -0.25) is 9.80 Å². The minimum Gasteiger partial charge on any atom is -0.487 e. The number of nitrogens with two attached hydrogens (primary N) is 1. The Morgan fingerprint density at radius 2 is 1.98 bits per heavy atom. The van der Waals surface area contributed by atoms with Gasteiger partial charge in [-0.25, -0.2) is 14.2 Å². The second kappa shape index (κ2) is 11.4. The summed E-state index contributed by atoms with van der Waals surface area (Å²) < 4.78 is 51.0. The number of ether oxygens (including phenoxy) is 2. The summed E-state index contributed by atoms with van der Waals surface area (Å²) in [5, 5.41) is 4.14. The molecule has 0 saturated carbocycles. The Labute approximate surface area is 249 Å². The van der Waals surface area contributed by atoms with Gasteiger partial charge in [0.1, 0.15) is 23.9 Å². The van der Waals surface area contributed by atoms with Crippen LogP contribution in [0.1, 0.15) is 23.0 Å². The Bertz CT molecular complexity index is 1850. The van der Waals surface area contributed by atoms with Crippen LogP contribution in [-0.2, 0) is 0 Å². The predicted octanol–water partition coefficient (Wildman–Crippen LogP) is 7.15. The van der Waals surface area contributed by atoms with Gasteiger partial charge in [0.25, 0.3) is 6.43 Å². The van der Waals surface area contributed by atoms with Gasteiger partial charge in [-0.1, -0.05) is 12.1 Å². The Balaban J connectivity index is 1.29. The molecule has 0 bridgehead atoms. The van der Waals surface area contributed by atoms with Crippen molar-refractivity contribution in [1.82, 2.24) is 10.4 Å². The molecule has 6 rings (SSSR count). The largest absolute Gasteiger partial charge is 0.487 e. The van der Waals surface area contributed by atoms with Crippen molar-refractivity contribution in [3.05, 3.63) is 107 Å². The van der Waals surface area contributed by atoms with Gasteiger partial charge in [0.15, 0.2) is 5.75 Å². The van der Waals surface area contributed by atoms with E-state index < -0.39 is 24.9 Å². The number of thiophene rings is 1. The highest BCUT2D eigenvalue weighted by atomic mass is 32.1. The molecule has 2 aromatic heterocycles. The summed E-state index contributed by atoms with van der Waals surface area (Å²) in [4.78, 5) is 17.8. The minimum atomic E-state index is -2.62. The molecule has 0 aliphatic carbocycles. The van der Waals surface area contributed by atoms with Crippen LogP contribution in [0.2, 0.25) is 0 Å². The van der Waals surface area contributed by atoms with Crippen LogP contribution in [0.25, 0.3) is 21.3 Å². The van der Waals surface area contributed by atoms with Crippen LogP contribution in [0, 0.1) is 24.9 Å². The number of benzene rings is 2. The number of aromatic nitrogens is 1. The number of carbonyl (C=O) groups is 1. The van der Waals surface area contributed by atoms with Crippen molar-refractivity contribution in [3.8, 4) is 27.7 Å². The molecule has 1 aliphatic heterocycles. The van der Waals surface area contributed by atoms with E-state index in [1.54, 1.807) is 35.3 Å². The fraction of sp³-hybridized carbons (Fsp3) is 0.156. The number of anilines is 1. The van der Waals surface area contributed by atoms with Crippen LogP contribution in [-0.4, -0.2) is 29.8 Å². The van der Waals surface area contributed by atoms with E-state index in [2.05, 4.69) is 22.5 Å². The fourth-order valence-corrected chi connectivity index (χ4v) is 5.71. The Hall–Kier alpha value is -4.92. The van der Waals surface area contributed by atoms with Crippen molar-refractivity contribution < 1.29 is 27.4 Å². The van der Waals surface area contributed by atoms with Crippen molar-refractivity contribution in [2.24, 2.45) is 5.73 Å². The third-order valence-corrected chi connectivity index (χ3v) is 7.89. The van der Waals surface area contributed by atoms with E-state index >= 15 is 0 Å². The van der Waals surface area contributed by atoms with Crippen LogP contribution < -0.4 is 25.6 Å². The van der Waals surface area contributed by atoms with Crippen molar-refractivity contribution in [2.45, 2.75) is 26.3 Å². The zero-order valence-corrected chi connectivity index (χ0v) is 23.8. The molecule has 11 heteroatoms. The lowest BCUT2D eigenvalue weighted by Gasteiger charge is -2.22. The molecule has 3 aromatic carbocycles. The van der Waals surface area contributed by atoms with Crippen molar-refractivity contribution in [1.29, 1.82) is 0 Å². The maximum Gasteiger partial charge on any atom is 0.272 e. The maximum atomic E-state index is 14.0. The number of aryl methyl sites for hydroxylation is 1. The molecular formula is C32H25F3N4O3S. The molecule has 43 heavy (non-hydrogen) atoms. The lowest BCUT2D eigenvalue weighted by Crippen LogP contribution is -2.38. The van der Waals surface area contributed by atoms with E-state index in [0.717, 1.165) is 4.88 Å². The Morgan fingerprint density at radius 3 is 2.70 bits per heavy atom. The highest BCUT2D eigenvalue weighted by Gasteiger charge is 2.33. The topological polar surface area (TPSA) is 92.6 Å². The quantitative estimate of drug-likeness (QED) is 0.155. The summed E-state index contributed by atoms with van der Waals surface area (Å²) in [6.07, 6.45) is -2.62. The number of nitrogens with zero attached hydrogens (tertiary/aromatic N) is 1. The lowest BCUT2D eigenvalue weighted by atomic mass is 10.0. The van der Waals surface area contributed by atoms with E-state index in [4.69, 9.17) is 15.2 Å². The first kappa shape index (κ1) is 28.2. The monoisotopic (exact) mass is 602 g/mol. The molecular weight excluding hydrogens is 577 g/mol. The molecule has 218 valence electrons. The first-order chi connectivity index (χ1) is 20.7. The van der Waals surface area contributed by atoms with Gasteiger partial charge in [-0.05, 0) is 85.5 Å². The van der Waals surface area contributed by atoms with E-state index in [-0.39, 0.29) is 17.4 Å². The molecule has 0 radical (unpaired) electrons. The zero-order chi connectivity index (χ0) is 30.2. The summed E-state index contributed by atoms with van der Waals surface area (Å²) in [5.74, 6) is 0.0572. The van der Waals surface area contributed by atoms with E-state index in [1.807, 2.05) is 37.4 Å². The van der Waals surface area contributed by atoms with Gasteiger partial charge in [-0.2, -0.15) is 4.39 Å². The van der Waals surface area contributed by atoms with E-state index in [0.29, 0.717) is 50.5 Å². The molecule has 0 saturated heterocycles. The normalized spacial score (nSPS) is 14.9.